The highest BCUT2D eigenvalue weighted by atomic mass is 16.5. The summed E-state index contributed by atoms with van der Waals surface area (Å²) in [5, 5.41) is 0. The number of esters is 2. The minimum Gasteiger partial charge on any atom is -0.485 e. The van der Waals surface area contributed by atoms with Crippen molar-refractivity contribution in [3.8, 4) is 16.9 Å². The van der Waals surface area contributed by atoms with E-state index in [1.807, 2.05) is 48.5 Å². The summed E-state index contributed by atoms with van der Waals surface area (Å²) in [6, 6.07) is 15.7. The molecule has 2 aliphatic rings. The van der Waals surface area contributed by atoms with Crippen molar-refractivity contribution in [2.24, 2.45) is 5.41 Å². The lowest BCUT2D eigenvalue weighted by molar-refractivity contribution is -0.146. The van der Waals surface area contributed by atoms with Gasteiger partial charge < -0.3 is 14.2 Å². The standard InChI is InChI=1S/C30H36O6/c1-3-34-26(31)15-19-29(20-16-27(32)35-4-2)28(33)24-14-13-23(22-11-7-5-8-12-22)21-25(24)36-30(29)17-9-6-10-18-30/h5,7-8,11-14,21H,3-4,6,9-10,15-20H2,1-2H3. The number of carbonyl (C=O) groups is 3. The molecule has 0 radical (unpaired) electrons. The second-order valence-corrected chi connectivity index (χ2v) is 9.76. The molecule has 1 saturated carbocycles. The summed E-state index contributed by atoms with van der Waals surface area (Å²) < 4.78 is 17.3. The van der Waals surface area contributed by atoms with Crippen LogP contribution in [0.2, 0.25) is 0 Å². The normalized spacial score (nSPS) is 17.7. The molecular formula is C30H36O6. The van der Waals surface area contributed by atoms with Crippen molar-refractivity contribution >= 4 is 17.7 Å². The molecule has 0 atom stereocenters. The van der Waals surface area contributed by atoms with Crippen molar-refractivity contribution in [1.82, 2.24) is 0 Å². The Labute approximate surface area is 213 Å². The zero-order valence-corrected chi connectivity index (χ0v) is 21.3. The molecule has 0 N–H and O–H groups in total. The molecule has 6 nitrogen and oxygen atoms in total. The van der Waals surface area contributed by atoms with Crippen molar-refractivity contribution < 1.29 is 28.6 Å². The lowest BCUT2D eigenvalue weighted by Gasteiger charge is -2.54. The third-order valence-corrected chi connectivity index (χ3v) is 7.73. The molecule has 36 heavy (non-hydrogen) atoms. The van der Waals surface area contributed by atoms with Gasteiger partial charge in [-0.1, -0.05) is 42.8 Å². The summed E-state index contributed by atoms with van der Waals surface area (Å²) in [4.78, 5) is 39.3. The van der Waals surface area contributed by atoms with Crippen LogP contribution in [0.4, 0.5) is 0 Å². The van der Waals surface area contributed by atoms with Crippen LogP contribution in [0.3, 0.4) is 0 Å². The Morgan fingerprint density at radius 3 is 2.03 bits per heavy atom. The topological polar surface area (TPSA) is 78.9 Å². The van der Waals surface area contributed by atoms with Gasteiger partial charge in [-0.05, 0) is 75.6 Å². The first-order valence-electron chi connectivity index (χ1n) is 13.2. The van der Waals surface area contributed by atoms with Crippen LogP contribution in [-0.4, -0.2) is 36.5 Å². The number of Topliss-reactive ketones (excluding diaryl/α,β-unsaturated/α-hetero) is 1. The average molecular weight is 493 g/mol. The third-order valence-electron chi connectivity index (χ3n) is 7.73. The summed E-state index contributed by atoms with van der Waals surface area (Å²) in [5.74, 6) is -0.126. The summed E-state index contributed by atoms with van der Waals surface area (Å²) in [5.41, 5.74) is 0.769. The lowest BCUT2D eigenvalue weighted by atomic mass is 9.56. The van der Waals surface area contributed by atoms with E-state index in [9.17, 15) is 14.4 Å². The van der Waals surface area contributed by atoms with Gasteiger partial charge in [-0.25, -0.2) is 0 Å². The highest BCUT2D eigenvalue weighted by Crippen LogP contribution is 2.56. The summed E-state index contributed by atoms with van der Waals surface area (Å²) in [7, 11) is 0. The van der Waals surface area contributed by atoms with Gasteiger partial charge in [-0.15, -0.1) is 0 Å². The molecule has 2 aromatic carbocycles. The molecule has 0 aromatic heterocycles. The fourth-order valence-corrected chi connectivity index (χ4v) is 5.99. The van der Waals surface area contributed by atoms with Gasteiger partial charge in [-0.2, -0.15) is 0 Å². The minimum absolute atomic E-state index is 0.0427. The number of hydrogen-bond acceptors (Lipinski definition) is 6. The number of hydrogen-bond donors (Lipinski definition) is 0. The van der Waals surface area contributed by atoms with E-state index in [1.54, 1.807) is 13.8 Å². The van der Waals surface area contributed by atoms with Crippen LogP contribution in [0, 0.1) is 5.41 Å². The predicted octanol–water partition coefficient (Wildman–Crippen LogP) is 6.30. The van der Waals surface area contributed by atoms with Gasteiger partial charge >= 0.3 is 11.9 Å². The van der Waals surface area contributed by atoms with Crippen molar-refractivity contribution in [2.75, 3.05) is 13.2 Å². The van der Waals surface area contributed by atoms with E-state index in [4.69, 9.17) is 14.2 Å². The fourth-order valence-electron chi connectivity index (χ4n) is 5.99. The van der Waals surface area contributed by atoms with Crippen molar-refractivity contribution in [3.05, 3.63) is 54.1 Å². The molecule has 1 aliphatic heterocycles. The molecule has 0 saturated heterocycles. The Morgan fingerprint density at radius 2 is 1.44 bits per heavy atom. The number of ketones is 1. The van der Waals surface area contributed by atoms with Gasteiger partial charge in [-0.3, -0.25) is 14.4 Å². The Bertz CT molecular complexity index is 1060. The lowest BCUT2D eigenvalue weighted by Crippen LogP contribution is -2.60. The van der Waals surface area contributed by atoms with E-state index in [0.717, 1.165) is 30.4 Å². The molecule has 6 heteroatoms. The smallest absolute Gasteiger partial charge is 0.305 e. The Morgan fingerprint density at radius 1 is 0.833 bits per heavy atom. The number of carbonyl (C=O) groups excluding carboxylic acids is 3. The first-order valence-corrected chi connectivity index (χ1v) is 13.2. The van der Waals surface area contributed by atoms with Gasteiger partial charge in [0.2, 0.25) is 0 Å². The minimum atomic E-state index is -1.01. The fraction of sp³-hybridized carbons (Fsp3) is 0.500. The van der Waals surface area contributed by atoms with Crippen molar-refractivity contribution in [2.45, 2.75) is 77.2 Å². The number of rotatable bonds is 9. The average Bonchev–Trinajstić information content (AvgIpc) is 2.89. The van der Waals surface area contributed by atoms with E-state index in [-0.39, 0.29) is 56.6 Å². The predicted molar refractivity (Wildman–Crippen MR) is 137 cm³/mol. The van der Waals surface area contributed by atoms with Crippen LogP contribution in [0.25, 0.3) is 11.1 Å². The highest BCUT2D eigenvalue weighted by molar-refractivity contribution is 6.05. The number of benzene rings is 2. The molecule has 0 bridgehead atoms. The van der Waals surface area contributed by atoms with Crippen LogP contribution < -0.4 is 4.74 Å². The first kappa shape index (κ1) is 25.9. The maximum Gasteiger partial charge on any atom is 0.305 e. The maximum absolute atomic E-state index is 14.4. The summed E-state index contributed by atoms with van der Waals surface area (Å²) in [6.07, 6.45) is 5.12. The second-order valence-electron chi connectivity index (χ2n) is 9.76. The Kier molecular flexibility index (Phi) is 8.12. The zero-order chi connectivity index (χ0) is 25.6. The van der Waals surface area contributed by atoms with E-state index in [1.165, 1.54) is 0 Å². The first-order chi connectivity index (χ1) is 17.4. The van der Waals surface area contributed by atoms with E-state index < -0.39 is 11.0 Å². The van der Waals surface area contributed by atoms with Gasteiger partial charge in [0.1, 0.15) is 11.4 Å². The van der Waals surface area contributed by atoms with Crippen LogP contribution >= 0.6 is 0 Å². The molecule has 1 fully saturated rings. The quantitative estimate of drug-likeness (QED) is 0.382. The SMILES string of the molecule is CCOC(=O)CCC1(CCC(=O)OCC)C(=O)c2ccc(-c3ccccc3)cc2OC12CCCCC2. The molecule has 2 aromatic rings. The van der Waals surface area contributed by atoms with Gasteiger partial charge in [0, 0.05) is 12.8 Å². The van der Waals surface area contributed by atoms with Crippen LogP contribution in [0.5, 0.6) is 5.75 Å². The molecule has 0 amide bonds. The second kappa shape index (κ2) is 11.3. The number of ether oxygens (including phenoxy) is 3. The van der Waals surface area contributed by atoms with Crippen molar-refractivity contribution in [1.29, 1.82) is 0 Å². The van der Waals surface area contributed by atoms with Crippen molar-refractivity contribution in [3.63, 3.8) is 0 Å². The molecule has 1 spiro atoms. The van der Waals surface area contributed by atoms with Gasteiger partial charge in [0.25, 0.3) is 0 Å². The third kappa shape index (κ3) is 5.04. The van der Waals surface area contributed by atoms with Crippen LogP contribution in [-0.2, 0) is 19.1 Å². The molecule has 0 unspecified atom stereocenters. The number of fused-ring (bicyclic) bond motifs is 1. The zero-order valence-electron chi connectivity index (χ0n) is 21.3. The molecular weight excluding hydrogens is 456 g/mol. The van der Waals surface area contributed by atoms with Crippen LogP contribution in [0.15, 0.2) is 48.5 Å². The summed E-state index contributed by atoms with van der Waals surface area (Å²) >= 11 is 0. The Hall–Kier alpha value is -3.15. The summed E-state index contributed by atoms with van der Waals surface area (Å²) in [6.45, 7) is 4.11. The molecule has 4 rings (SSSR count). The Balaban J connectivity index is 1.78. The van der Waals surface area contributed by atoms with E-state index >= 15 is 0 Å². The monoisotopic (exact) mass is 492 g/mol. The van der Waals surface area contributed by atoms with Gasteiger partial charge in [0.15, 0.2) is 5.78 Å². The molecule has 1 aliphatic carbocycles. The van der Waals surface area contributed by atoms with Crippen LogP contribution in [0.1, 0.15) is 82.0 Å². The largest absolute Gasteiger partial charge is 0.485 e. The highest BCUT2D eigenvalue weighted by Gasteiger charge is 2.61. The molecule has 192 valence electrons. The van der Waals surface area contributed by atoms with E-state index in [2.05, 4.69) is 0 Å². The maximum atomic E-state index is 14.4. The van der Waals surface area contributed by atoms with Gasteiger partial charge in [0.05, 0.1) is 24.2 Å². The van der Waals surface area contributed by atoms with E-state index in [0.29, 0.717) is 24.2 Å². The molecule has 1 heterocycles.